The Bertz CT molecular complexity index is 944. The summed E-state index contributed by atoms with van der Waals surface area (Å²) < 4.78 is 5.70. The Labute approximate surface area is 152 Å². The minimum absolute atomic E-state index is 0.0724. The minimum Gasteiger partial charge on any atom is -0.464 e. The average molecular weight is 354 g/mol. The van der Waals surface area contributed by atoms with E-state index in [9.17, 15) is 4.79 Å². The zero-order valence-corrected chi connectivity index (χ0v) is 15.0. The number of carbonyl (C=O) groups is 1. The zero-order valence-electron chi connectivity index (χ0n) is 14.2. The van der Waals surface area contributed by atoms with Crippen molar-refractivity contribution in [3.8, 4) is 0 Å². The molecular weight excluding hydrogens is 334 g/mol. The van der Waals surface area contributed by atoms with Crippen molar-refractivity contribution < 1.29 is 9.21 Å². The van der Waals surface area contributed by atoms with Gasteiger partial charge in [-0.15, -0.1) is 0 Å². The maximum absolute atomic E-state index is 12.6. The van der Waals surface area contributed by atoms with Crippen LogP contribution >= 0.6 is 11.6 Å². The molecule has 0 fully saturated rings. The molecule has 1 aliphatic carbocycles. The number of amides is 1. The largest absolute Gasteiger partial charge is 0.464 e. The van der Waals surface area contributed by atoms with E-state index in [1.165, 1.54) is 17.5 Å². The highest BCUT2D eigenvalue weighted by molar-refractivity contribution is 6.30. The second kappa shape index (κ2) is 6.57. The standard InChI is InChI=1S/C21H20ClNO2/c1-23(12-14-4-2-7-18(22)8-14)21(24)11-17-13-25-20-10-16-6-3-5-15(16)9-19(17)20/h2,4,7-10,13H,3,5-6,11-12H2,1H3. The van der Waals surface area contributed by atoms with E-state index in [0.29, 0.717) is 18.0 Å². The molecule has 0 saturated carbocycles. The predicted molar refractivity (Wildman–Crippen MR) is 99.9 cm³/mol. The van der Waals surface area contributed by atoms with Gasteiger partial charge in [-0.25, -0.2) is 0 Å². The van der Waals surface area contributed by atoms with Crippen LogP contribution in [0.3, 0.4) is 0 Å². The Balaban J connectivity index is 1.51. The van der Waals surface area contributed by atoms with E-state index < -0.39 is 0 Å². The first-order chi connectivity index (χ1) is 12.1. The highest BCUT2D eigenvalue weighted by Crippen LogP contribution is 2.30. The molecule has 0 bridgehead atoms. The van der Waals surface area contributed by atoms with Gasteiger partial charge in [0.05, 0.1) is 12.7 Å². The molecule has 2 aromatic carbocycles. The summed E-state index contributed by atoms with van der Waals surface area (Å²) in [4.78, 5) is 14.4. The number of likely N-dealkylation sites (N-methyl/N-ethyl adjacent to an activating group) is 1. The number of aryl methyl sites for hydroxylation is 2. The first kappa shape index (κ1) is 16.2. The lowest BCUT2D eigenvalue weighted by Crippen LogP contribution is -2.27. The lowest BCUT2D eigenvalue weighted by molar-refractivity contribution is -0.129. The molecule has 3 nitrogen and oxygen atoms in total. The van der Waals surface area contributed by atoms with Gasteiger partial charge in [0.2, 0.25) is 5.91 Å². The van der Waals surface area contributed by atoms with Gasteiger partial charge in [0.25, 0.3) is 0 Å². The zero-order chi connectivity index (χ0) is 17.4. The number of benzene rings is 2. The van der Waals surface area contributed by atoms with E-state index in [4.69, 9.17) is 16.0 Å². The van der Waals surface area contributed by atoms with Gasteiger partial charge in [0.1, 0.15) is 5.58 Å². The van der Waals surface area contributed by atoms with E-state index >= 15 is 0 Å². The van der Waals surface area contributed by atoms with E-state index in [2.05, 4.69) is 12.1 Å². The first-order valence-electron chi connectivity index (χ1n) is 8.60. The summed E-state index contributed by atoms with van der Waals surface area (Å²) in [5.41, 5.74) is 5.67. The van der Waals surface area contributed by atoms with Crippen molar-refractivity contribution in [3.63, 3.8) is 0 Å². The van der Waals surface area contributed by atoms with Crippen LogP contribution in [0.2, 0.25) is 5.02 Å². The Hall–Kier alpha value is -2.26. The van der Waals surface area contributed by atoms with E-state index in [1.54, 1.807) is 11.2 Å². The van der Waals surface area contributed by atoms with Crippen LogP contribution in [-0.4, -0.2) is 17.9 Å². The third kappa shape index (κ3) is 3.29. The SMILES string of the molecule is CN(Cc1cccc(Cl)c1)C(=O)Cc1coc2cc3c(cc12)CCC3. The number of rotatable bonds is 4. The van der Waals surface area contributed by atoms with Gasteiger partial charge < -0.3 is 9.32 Å². The van der Waals surface area contributed by atoms with Crippen molar-refractivity contribution in [1.82, 2.24) is 4.90 Å². The van der Waals surface area contributed by atoms with Crippen LogP contribution in [0.5, 0.6) is 0 Å². The van der Waals surface area contributed by atoms with Gasteiger partial charge in [0, 0.05) is 29.6 Å². The number of nitrogens with zero attached hydrogens (tertiary/aromatic N) is 1. The van der Waals surface area contributed by atoms with Crippen LogP contribution < -0.4 is 0 Å². The molecule has 0 aliphatic heterocycles. The van der Waals surface area contributed by atoms with E-state index in [1.807, 2.05) is 31.3 Å². The molecule has 1 aromatic heterocycles. The minimum atomic E-state index is 0.0724. The topological polar surface area (TPSA) is 33.5 Å². The second-order valence-corrected chi connectivity index (χ2v) is 7.22. The average Bonchev–Trinajstić information content (AvgIpc) is 3.19. The first-order valence-corrected chi connectivity index (χ1v) is 8.98. The fourth-order valence-corrected chi connectivity index (χ4v) is 3.79. The predicted octanol–water partition coefficient (Wildman–Crippen LogP) is 4.78. The number of fused-ring (bicyclic) bond motifs is 2. The number of carbonyl (C=O) groups excluding carboxylic acids is 1. The van der Waals surface area contributed by atoms with Crippen molar-refractivity contribution in [1.29, 1.82) is 0 Å². The summed E-state index contributed by atoms with van der Waals surface area (Å²) in [6.07, 6.45) is 5.54. The molecule has 1 aliphatic rings. The van der Waals surface area contributed by atoms with Gasteiger partial charge in [-0.2, -0.15) is 0 Å². The third-order valence-electron chi connectivity index (χ3n) is 4.94. The Morgan fingerprint density at radius 1 is 1.20 bits per heavy atom. The van der Waals surface area contributed by atoms with Crippen LogP contribution in [0.15, 0.2) is 47.1 Å². The van der Waals surface area contributed by atoms with Crippen molar-refractivity contribution in [2.75, 3.05) is 7.05 Å². The van der Waals surface area contributed by atoms with Crippen molar-refractivity contribution in [3.05, 3.63) is 69.9 Å². The number of hydrogen-bond acceptors (Lipinski definition) is 2. The molecule has 4 rings (SSSR count). The van der Waals surface area contributed by atoms with Crippen molar-refractivity contribution in [2.45, 2.75) is 32.2 Å². The second-order valence-electron chi connectivity index (χ2n) is 6.79. The molecule has 0 atom stereocenters. The van der Waals surface area contributed by atoms with Crippen LogP contribution in [0.1, 0.15) is 28.7 Å². The van der Waals surface area contributed by atoms with Gasteiger partial charge in [-0.3, -0.25) is 4.79 Å². The van der Waals surface area contributed by atoms with Crippen LogP contribution in [0.25, 0.3) is 11.0 Å². The normalized spacial score (nSPS) is 13.2. The van der Waals surface area contributed by atoms with Crippen LogP contribution in [-0.2, 0) is 30.6 Å². The highest BCUT2D eigenvalue weighted by Gasteiger charge is 2.18. The quantitative estimate of drug-likeness (QED) is 0.676. The van der Waals surface area contributed by atoms with Gasteiger partial charge in [-0.05, 0) is 60.2 Å². The Morgan fingerprint density at radius 2 is 2.00 bits per heavy atom. The molecule has 1 amide bonds. The molecule has 0 saturated heterocycles. The summed E-state index contributed by atoms with van der Waals surface area (Å²) in [6, 6.07) is 12.0. The molecule has 0 N–H and O–H groups in total. The van der Waals surface area contributed by atoms with E-state index in [0.717, 1.165) is 34.9 Å². The number of furan rings is 1. The fraction of sp³-hybridized carbons (Fsp3) is 0.286. The summed E-state index contributed by atoms with van der Waals surface area (Å²) in [5, 5.41) is 1.76. The number of hydrogen-bond donors (Lipinski definition) is 0. The Kier molecular flexibility index (Phi) is 4.26. The molecule has 0 radical (unpaired) electrons. The molecule has 0 spiro atoms. The van der Waals surface area contributed by atoms with Gasteiger partial charge in [-0.1, -0.05) is 23.7 Å². The summed E-state index contributed by atoms with van der Waals surface area (Å²) in [5.74, 6) is 0.0724. The molecule has 3 aromatic rings. The third-order valence-corrected chi connectivity index (χ3v) is 5.18. The smallest absolute Gasteiger partial charge is 0.227 e. The lowest BCUT2D eigenvalue weighted by atomic mass is 10.0. The van der Waals surface area contributed by atoms with Crippen molar-refractivity contribution >= 4 is 28.5 Å². The van der Waals surface area contributed by atoms with Gasteiger partial charge >= 0.3 is 0 Å². The molecule has 1 heterocycles. The Morgan fingerprint density at radius 3 is 2.80 bits per heavy atom. The summed E-state index contributed by atoms with van der Waals surface area (Å²) in [7, 11) is 1.82. The van der Waals surface area contributed by atoms with Crippen LogP contribution in [0, 0.1) is 0 Å². The molecule has 0 unspecified atom stereocenters. The molecule has 25 heavy (non-hydrogen) atoms. The maximum Gasteiger partial charge on any atom is 0.227 e. The summed E-state index contributed by atoms with van der Waals surface area (Å²) in [6.45, 7) is 0.546. The van der Waals surface area contributed by atoms with E-state index in [-0.39, 0.29) is 5.91 Å². The molecular formula is C21H20ClNO2. The van der Waals surface area contributed by atoms with Gasteiger partial charge in [0.15, 0.2) is 0 Å². The van der Waals surface area contributed by atoms with Crippen LogP contribution in [0.4, 0.5) is 0 Å². The lowest BCUT2D eigenvalue weighted by Gasteiger charge is -2.17. The van der Waals surface area contributed by atoms with Crippen molar-refractivity contribution in [2.24, 2.45) is 0 Å². The fourth-order valence-electron chi connectivity index (χ4n) is 3.58. The maximum atomic E-state index is 12.6. The molecule has 128 valence electrons. The molecule has 4 heteroatoms. The highest BCUT2D eigenvalue weighted by atomic mass is 35.5. The summed E-state index contributed by atoms with van der Waals surface area (Å²) >= 11 is 6.02. The number of halogens is 1. The monoisotopic (exact) mass is 353 g/mol.